The number of ether oxygens (including phenoxy) is 2. The zero-order chi connectivity index (χ0) is 12.7. The number of methoxy groups -OCH3 is 1. The van der Waals surface area contributed by atoms with Gasteiger partial charge in [0.25, 0.3) is 0 Å². The third-order valence-electron chi connectivity index (χ3n) is 2.16. The maximum absolute atomic E-state index is 11.6. The summed E-state index contributed by atoms with van der Waals surface area (Å²) in [5.41, 5.74) is 0.489. The molecule has 0 saturated carbocycles. The van der Waals surface area contributed by atoms with Crippen LogP contribution < -0.4 is 4.74 Å². The Labute approximate surface area is 111 Å². The molecule has 0 spiro atoms. The molecule has 1 aromatic rings. The summed E-state index contributed by atoms with van der Waals surface area (Å²) in [6.07, 6.45) is 0.549. The Balaban J connectivity index is 2.41. The molecule has 1 atom stereocenters. The molecule has 17 heavy (non-hydrogen) atoms. The Kier molecular flexibility index (Phi) is 6.16. The van der Waals surface area contributed by atoms with Crippen LogP contribution in [-0.4, -0.2) is 30.9 Å². The molecule has 0 fully saturated rings. The SMILES string of the molecule is COc1ccc(C(=O)OCCC(Cl)CCl)cc1. The number of halogens is 2. The van der Waals surface area contributed by atoms with Crippen molar-refractivity contribution in [2.45, 2.75) is 11.8 Å². The van der Waals surface area contributed by atoms with Crippen LogP contribution in [0.15, 0.2) is 24.3 Å². The molecule has 1 unspecified atom stereocenters. The van der Waals surface area contributed by atoms with Gasteiger partial charge in [-0.25, -0.2) is 4.79 Å². The van der Waals surface area contributed by atoms with Crippen LogP contribution in [0.2, 0.25) is 0 Å². The number of rotatable bonds is 6. The summed E-state index contributed by atoms with van der Waals surface area (Å²) < 4.78 is 10.0. The van der Waals surface area contributed by atoms with E-state index in [0.717, 1.165) is 0 Å². The van der Waals surface area contributed by atoms with E-state index in [-0.39, 0.29) is 18.0 Å². The van der Waals surface area contributed by atoms with Crippen molar-refractivity contribution in [1.82, 2.24) is 0 Å². The van der Waals surface area contributed by atoms with E-state index in [1.54, 1.807) is 31.4 Å². The molecule has 5 heteroatoms. The van der Waals surface area contributed by atoms with Gasteiger partial charge in [0.2, 0.25) is 0 Å². The highest BCUT2D eigenvalue weighted by Gasteiger charge is 2.08. The molecule has 0 aliphatic carbocycles. The van der Waals surface area contributed by atoms with Crippen LogP contribution >= 0.6 is 23.2 Å². The van der Waals surface area contributed by atoms with Crippen molar-refractivity contribution in [2.24, 2.45) is 0 Å². The zero-order valence-corrected chi connectivity index (χ0v) is 11.0. The second kappa shape index (κ2) is 7.41. The van der Waals surface area contributed by atoms with Gasteiger partial charge >= 0.3 is 5.97 Å². The van der Waals surface area contributed by atoms with Crippen LogP contribution in [0.4, 0.5) is 0 Å². The lowest BCUT2D eigenvalue weighted by Gasteiger charge is -2.07. The highest BCUT2D eigenvalue weighted by Crippen LogP contribution is 2.12. The maximum Gasteiger partial charge on any atom is 0.338 e. The molecule has 0 radical (unpaired) electrons. The Bertz CT molecular complexity index is 351. The van der Waals surface area contributed by atoms with Crippen molar-refractivity contribution in [1.29, 1.82) is 0 Å². The fourth-order valence-electron chi connectivity index (χ4n) is 1.17. The molecule has 0 heterocycles. The van der Waals surface area contributed by atoms with Gasteiger partial charge in [-0.1, -0.05) is 0 Å². The number of alkyl halides is 2. The van der Waals surface area contributed by atoms with Gasteiger partial charge in [-0.15, -0.1) is 23.2 Å². The fourth-order valence-corrected chi connectivity index (χ4v) is 1.41. The highest BCUT2D eigenvalue weighted by molar-refractivity contribution is 6.28. The Hall–Kier alpha value is -0.930. The third kappa shape index (κ3) is 4.84. The van der Waals surface area contributed by atoms with Gasteiger partial charge in [0, 0.05) is 5.88 Å². The Morgan fingerprint density at radius 1 is 1.35 bits per heavy atom. The minimum atomic E-state index is -0.369. The van der Waals surface area contributed by atoms with E-state index in [9.17, 15) is 4.79 Å². The molecule has 0 saturated heterocycles. The first-order valence-corrected chi connectivity index (χ1v) is 6.15. The molecular formula is C12H14Cl2O3. The second-order valence-corrected chi connectivity index (χ2v) is 4.33. The number of carbonyl (C=O) groups is 1. The predicted octanol–water partition coefficient (Wildman–Crippen LogP) is 3.09. The van der Waals surface area contributed by atoms with E-state index in [2.05, 4.69) is 0 Å². The van der Waals surface area contributed by atoms with Crippen molar-refractivity contribution in [3.8, 4) is 5.75 Å². The minimum absolute atomic E-state index is 0.166. The van der Waals surface area contributed by atoms with Gasteiger partial charge in [-0.2, -0.15) is 0 Å². The maximum atomic E-state index is 11.6. The molecule has 0 N–H and O–H groups in total. The summed E-state index contributed by atoms with van der Waals surface area (Å²) in [6.45, 7) is 0.270. The standard InChI is InChI=1S/C12H14Cl2O3/c1-16-11-4-2-9(3-5-11)12(15)17-7-6-10(14)8-13/h2-5,10H,6-8H2,1H3. The number of carbonyl (C=O) groups excluding carboxylic acids is 1. The highest BCUT2D eigenvalue weighted by atomic mass is 35.5. The molecule has 94 valence electrons. The van der Waals surface area contributed by atoms with Crippen LogP contribution in [-0.2, 0) is 4.74 Å². The van der Waals surface area contributed by atoms with E-state index in [1.807, 2.05) is 0 Å². The van der Waals surface area contributed by atoms with E-state index in [0.29, 0.717) is 23.6 Å². The van der Waals surface area contributed by atoms with Crippen LogP contribution in [0.1, 0.15) is 16.8 Å². The molecule has 3 nitrogen and oxygen atoms in total. The van der Waals surface area contributed by atoms with E-state index < -0.39 is 0 Å². The first kappa shape index (κ1) is 14.1. The molecule has 0 bridgehead atoms. The lowest BCUT2D eigenvalue weighted by molar-refractivity contribution is 0.0501. The van der Waals surface area contributed by atoms with Crippen LogP contribution in [0, 0.1) is 0 Å². The number of hydrogen-bond acceptors (Lipinski definition) is 3. The summed E-state index contributed by atoms with van der Waals surface area (Å²) in [7, 11) is 1.57. The third-order valence-corrected chi connectivity index (χ3v) is 3.06. The first-order chi connectivity index (χ1) is 8.17. The summed E-state index contributed by atoms with van der Waals surface area (Å²) in [4.78, 5) is 11.6. The average Bonchev–Trinajstić information content (AvgIpc) is 2.38. The van der Waals surface area contributed by atoms with Gasteiger partial charge in [0.1, 0.15) is 5.75 Å². The lowest BCUT2D eigenvalue weighted by atomic mass is 10.2. The molecule has 1 rings (SSSR count). The summed E-state index contributed by atoms with van der Waals surface area (Å²) >= 11 is 11.3. The monoisotopic (exact) mass is 276 g/mol. The van der Waals surface area contributed by atoms with Crippen molar-refractivity contribution >= 4 is 29.2 Å². The molecule has 0 aliphatic heterocycles. The molecule has 0 aliphatic rings. The lowest BCUT2D eigenvalue weighted by Crippen LogP contribution is -2.11. The van der Waals surface area contributed by atoms with Crippen molar-refractivity contribution in [3.63, 3.8) is 0 Å². The number of esters is 1. The van der Waals surface area contributed by atoms with E-state index in [1.165, 1.54) is 0 Å². The normalized spacial score (nSPS) is 11.9. The quantitative estimate of drug-likeness (QED) is 0.592. The molecule has 1 aromatic carbocycles. The molecule has 0 aromatic heterocycles. The summed E-state index contributed by atoms with van der Waals surface area (Å²) in [5, 5.41) is -0.166. The van der Waals surface area contributed by atoms with Gasteiger partial charge in [-0.05, 0) is 30.7 Å². The first-order valence-electron chi connectivity index (χ1n) is 5.18. The Morgan fingerprint density at radius 2 is 2.00 bits per heavy atom. The van der Waals surface area contributed by atoms with Gasteiger partial charge in [0.05, 0.1) is 24.7 Å². The van der Waals surface area contributed by atoms with Crippen LogP contribution in [0.25, 0.3) is 0 Å². The van der Waals surface area contributed by atoms with Crippen molar-refractivity contribution < 1.29 is 14.3 Å². The fraction of sp³-hybridized carbons (Fsp3) is 0.417. The smallest absolute Gasteiger partial charge is 0.338 e. The molecule has 0 amide bonds. The van der Waals surface area contributed by atoms with E-state index in [4.69, 9.17) is 32.7 Å². The van der Waals surface area contributed by atoms with Crippen LogP contribution in [0.3, 0.4) is 0 Å². The zero-order valence-electron chi connectivity index (χ0n) is 9.49. The number of hydrogen-bond donors (Lipinski definition) is 0. The van der Waals surface area contributed by atoms with Crippen LogP contribution in [0.5, 0.6) is 5.75 Å². The van der Waals surface area contributed by atoms with Gasteiger partial charge < -0.3 is 9.47 Å². The average molecular weight is 277 g/mol. The van der Waals surface area contributed by atoms with Gasteiger partial charge in [0.15, 0.2) is 0 Å². The second-order valence-electron chi connectivity index (χ2n) is 3.40. The molecular weight excluding hydrogens is 263 g/mol. The predicted molar refractivity (Wildman–Crippen MR) is 68.3 cm³/mol. The minimum Gasteiger partial charge on any atom is -0.497 e. The van der Waals surface area contributed by atoms with Gasteiger partial charge in [-0.3, -0.25) is 0 Å². The summed E-state index contributed by atoms with van der Waals surface area (Å²) in [5.74, 6) is 0.678. The van der Waals surface area contributed by atoms with E-state index >= 15 is 0 Å². The number of benzene rings is 1. The Morgan fingerprint density at radius 3 is 2.53 bits per heavy atom. The largest absolute Gasteiger partial charge is 0.497 e. The summed E-state index contributed by atoms with van der Waals surface area (Å²) in [6, 6.07) is 6.72. The van der Waals surface area contributed by atoms with Crippen molar-refractivity contribution in [2.75, 3.05) is 19.6 Å². The van der Waals surface area contributed by atoms with Crippen molar-refractivity contribution in [3.05, 3.63) is 29.8 Å². The topological polar surface area (TPSA) is 35.5 Å².